The Morgan fingerprint density at radius 3 is 3.05 bits per heavy atom. The molecule has 2 heterocycles. The van der Waals surface area contributed by atoms with E-state index >= 15 is 0 Å². The van der Waals surface area contributed by atoms with Gasteiger partial charge in [-0.15, -0.1) is 11.3 Å². The minimum absolute atomic E-state index is 0.536. The summed E-state index contributed by atoms with van der Waals surface area (Å²) in [5.74, 6) is 2.42. The Kier molecular flexibility index (Phi) is 6.50. The van der Waals surface area contributed by atoms with Gasteiger partial charge in [-0.05, 0) is 37.0 Å². The molecule has 0 spiro atoms. The van der Waals surface area contributed by atoms with Crippen LogP contribution in [-0.2, 0) is 6.54 Å². The predicted molar refractivity (Wildman–Crippen MR) is 89.3 cm³/mol. The van der Waals surface area contributed by atoms with Crippen LogP contribution < -0.4 is 5.32 Å². The van der Waals surface area contributed by atoms with E-state index in [4.69, 9.17) is 0 Å². The van der Waals surface area contributed by atoms with Gasteiger partial charge >= 0.3 is 0 Å². The molecule has 0 aliphatic rings. The van der Waals surface area contributed by atoms with E-state index in [0.29, 0.717) is 6.04 Å². The smallest absolute Gasteiger partial charge is 0.142 e. The van der Waals surface area contributed by atoms with E-state index in [2.05, 4.69) is 34.5 Å². The molecule has 0 aliphatic heterocycles. The molecule has 2 aromatic heterocycles. The number of aromatic nitrogens is 2. The van der Waals surface area contributed by atoms with Crippen LogP contribution in [0.15, 0.2) is 29.8 Å². The molecule has 1 unspecified atom stereocenters. The van der Waals surface area contributed by atoms with Gasteiger partial charge in [0, 0.05) is 24.2 Å². The summed E-state index contributed by atoms with van der Waals surface area (Å²) in [6.45, 7) is 5.28. The fraction of sp³-hybridized carbons (Fsp3) is 0.467. The van der Waals surface area contributed by atoms with Crippen molar-refractivity contribution in [1.29, 1.82) is 0 Å². The number of pyridine rings is 1. The van der Waals surface area contributed by atoms with Crippen molar-refractivity contribution in [3.8, 4) is 10.7 Å². The van der Waals surface area contributed by atoms with E-state index in [1.54, 1.807) is 11.3 Å². The number of hydrogen-bond acceptors (Lipinski definition) is 5. The third kappa shape index (κ3) is 4.89. The lowest BCUT2D eigenvalue weighted by Crippen LogP contribution is -2.26. The Bertz CT molecular complexity index is 499. The van der Waals surface area contributed by atoms with Gasteiger partial charge in [-0.1, -0.05) is 13.0 Å². The van der Waals surface area contributed by atoms with E-state index in [1.807, 2.05) is 36.2 Å². The number of nitrogens with one attached hydrogen (secondary N) is 1. The molecule has 0 radical (unpaired) electrons. The lowest BCUT2D eigenvalue weighted by Gasteiger charge is -2.11. The van der Waals surface area contributed by atoms with Crippen LogP contribution in [0.25, 0.3) is 10.7 Å². The maximum atomic E-state index is 4.64. The van der Waals surface area contributed by atoms with Crippen molar-refractivity contribution in [3.63, 3.8) is 0 Å². The molecule has 20 heavy (non-hydrogen) atoms. The zero-order valence-electron chi connectivity index (χ0n) is 12.0. The molecule has 0 bridgehead atoms. The molecular weight excluding hydrogens is 286 g/mol. The van der Waals surface area contributed by atoms with E-state index < -0.39 is 0 Å². The van der Waals surface area contributed by atoms with Gasteiger partial charge in [-0.2, -0.15) is 11.8 Å². The average Bonchev–Trinajstić information content (AvgIpc) is 2.95. The minimum atomic E-state index is 0.536. The summed E-state index contributed by atoms with van der Waals surface area (Å²) in [6.07, 6.45) is 3.01. The summed E-state index contributed by atoms with van der Waals surface area (Å²) < 4.78 is 0. The Balaban J connectivity index is 1.81. The number of thioether (sulfide) groups is 1. The van der Waals surface area contributed by atoms with Crippen LogP contribution in [0.2, 0.25) is 0 Å². The molecule has 1 atom stereocenters. The molecule has 108 valence electrons. The molecule has 0 saturated carbocycles. The van der Waals surface area contributed by atoms with Gasteiger partial charge in [0.25, 0.3) is 0 Å². The fourth-order valence-corrected chi connectivity index (χ4v) is 3.38. The van der Waals surface area contributed by atoms with Crippen molar-refractivity contribution in [2.24, 2.45) is 0 Å². The zero-order valence-corrected chi connectivity index (χ0v) is 13.6. The van der Waals surface area contributed by atoms with Crippen molar-refractivity contribution in [2.75, 3.05) is 11.5 Å². The van der Waals surface area contributed by atoms with Crippen LogP contribution >= 0.6 is 23.1 Å². The Hall–Kier alpha value is -0.910. The third-order valence-electron chi connectivity index (χ3n) is 2.97. The summed E-state index contributed by atoms with van der Waals surface area (Å²) in [6, 6.07) is 6.46. The molecular formula is C15H21N3S2. The molecule has 0 saturated heterocycles. The monoisotopic (exact) mass is 307 g/mol. The maximum absolute atomic E-state index is 4.64. The summed E-state index contributed by atoms with van der Waals surface area (Å²) >= 11 is 3.66. The lowest BCUT2D eigenvalue weighted by molar-refractivity contribution is 0.533. The largest absolute Gasteiger partial charge is 0.309 e. The van der Waals surface area contributed by atoms with Crippen LogP contribution in [-0.4, -0.2) is 27.5 Å². The molecule has 0 fully saturated rings. The van der Waals surface area contributed by atoms with Gasteiger partial charge in [-0.3, -0.25) is 4.98 Å². The van der Waals surface area contributed by atoms with E-state index in [-0.39, 0.29) is 0 Å². The number of hydrogen-bond donors (Lipinski definition) is 1. The first-order chi connectivity index (χ1) is 9.79. The Labute approximate surface area is 129 Å². The van der Waals surface area contributed by atoms with Gasteiger partial charge in [-0.25, -0.2) is 4.98 Å². The molecule has 0 aliphatic carbocycles. The highest BCUT2D eigenvalue weighted by molar-refractivity contribution is 7.99. The quantitative estimate of drug-likeness (QED) is 0.752. The molecule has 1 N–H and O–H groups in total. The molecule has 3 nitrogen and oxygen atoms in total. The standard InChI is InChI=1S/C15H21N3S2/c1-3-19-9-7-12(2)17-10-13-11-20-15(18-13)14-6-4-5-8-16-14/h4-6,8,11-12,17H,3,7,9-10H2,1-2H3. The van der Waals surface area contributed by atoms with Crippen molar-refractivity contribution in [1.82, 2.24) is 15.3 Å². The summed E-state index contributed by atoms with van der Waals surface area (Å²) in [7, 11) is 0. The predicted octanol–water partition coefficient (Wildman–Crippen LogP) is 3.83. The van der Waals surface area contributed by atoms with Crippen molar-refractivity contribution in [2.45, 2.75) is 32.9 Å². The number of nitrogens with zero attached hydrogens (tertiary/aromatic N) is 2. The average molecular weight is 307 g/mol. The van der Waals surface area contributed by atoms with E-state index in [0.717, 1.165) is 22.9 Å². The first-order valence-corrected chi connectivity index (χ1v) is 9.00. The van der Waals surface area contributed by atoms with Crippen LogP contribution in [0, 0.1) is 0 Å². The topological polar surface area (TPSA) is 37.8 Å². The van der Waals surface area contributed by atoms with Crippen LogP contribution in [0.5, 0.6) is 0 Å². The first-order valence-electron chi connectivity index (χ1n) is 6.96. The van der Waals surface area contributed by atoms with Gasteiger partial charge in [0.1, 0.15) is 5.01 Å². The summed E-state index contributed by atoms with van der Waals surface area (Å²) in [5, 5.41) is 6.65. The summed E-state index contributed by atoms with van der Waals surface area (Å²) in [5.41, 5.74) is 2.06. The molecule has 5 heteroatoms. The Morgan fingerprint density at radius 2 is 2.30 bits per heavy atom. The van der Waals surface area contributed by atoms with Crippen molar-refractivity contribution >= 4 is 23.1 Å². The van der Waals surface area contributed by atoms with Gasteiger partial charge < -0.3 is 5.32 Å². The minimum Gasteiger partial charge on any atom is -0.309 e. The fourth-order valence-electron chi connectivity index (χ4n) is 1.78. The summed E-state index contributed by atoms with van der Waals surface area (Å²) in [4.78, 5) is 8.97. The van der Waals surface area contributed by atoms with Gasteiger partial charge in [0.05, 0.1) is 11.4 Å². The third-order valence-corrected chi connectivity index (χ3v) is 4.81. The molecule has 0 aromatic carbocycles. The first kappa shape index (κ1) is 15.5. The van der Waals surface area contributed by atoms with Gasteiger partial charge in [0.15, 0.2) is 0 Å². The molecule has 2 rings (SSSR count). The normalized spacial score (nSPS) is 12.5. The van der Waals surface area contributed by atoms with E-state index in [1.165, 1.54) is 17.9 Å². The van der Waals surface area contributed by atoms with Crippen LogP contribution in [0.3, 0.4) is 0 Å². The second-order valence-electron chi connectivity index (χ2n) is 4.63. The highest BCUT2D eigenvalue weighted by atomic mass is 32.2. The highest BCUT2D eigenvalue weighted by Crippen LogP contribution is 2.21. The highest BCUT2D eigenvalue weighted by Gasteiger charge is 2.07. The van der Waals surface area contributed by atoms with Crippen molar-refractivity contribution < 1.29 is 0 Å². The lowest BCUT2D eigenvalue weighted by atomic mass is 10.2. The second-order valence-corrected chi connectivity index (χ2v) is 6.88. The zero-order chi connectivity index (χ0) is 14.2. The second kappa shape index (κ2) is 8.39. The van der Waals surface area contributed by atoms with Crippen molar-refractivity contribution in [3.05, 3.63) is 35.5 Å². The van der Waals surface area contributed by atoms with E-state index in [9.17, 15) is 0 Å². The maximum Gasteiger partial charge on any atom is 0.142 e. The molecule has 0 amide bonds. The SMILES string of the molecule is CCSCCC(C)NCc1csc(-c2ccccn2)n1. The van der Waals surface area contributed by atoms with Crippen LogP contribution in [0.1, 0.15) is 26.0 Å². The van der Waals surface area contributed by atoms with Gasteiger partial charge in [0.2, 0.25) is 0 Å². The number of thiazole rings is 1. The van der Waals surface area contributed by atoms with Crippen LogP contribution in [0.4, 0.5) is 0 Å². The molecule has 2 aromatic rings. The number of rotatable bonds is 8. The Morgan fingerprint density at radius 1 is 1.40 bits per heavy atom.